The van der Waals surface area contributed by atoms with Crippen LogP contribution in [0.4, 0.5) is 0 Å². The zero-order valence-electron chi connectivity index (χ0n) is 11.8. The molecule has 0 aromatic heterocycles. The highest BCUT2D eigenvalue weighted by atomic mass is 16.7. The summed E-state index contributed by atoms with van der Waals surface area (Å²) in [6, 6.07) is 4.97. The number of rotatable bonds is 6. The Morgan fingerprint density at radius 2 is 1.95 bits per heavy atom. The third kappa shape index (κ3) is 3.53. The number of hydrogen-bond donors (Lipinski definition) is 0. The number of ketones is 1. The van der Waals surface area contributed by atoms with E-state index in [1.54, 1.807) is 25.1 Å². The summed E-state index contributed by atoms with van der Waals surface area (Å²) in [5.41, 5.74) is 0.954. The van der Waals surface area contributed by atoms with Crippen molar-refractivity contribution in [3.63, 3.8) is 0 Å². The highest BCUT2D eigenvalue weighted by Gasteiger charge is 2.22. The molecule has 0 atom stereocenters. The van der Waals surface area contributed by atoms with Crippen LogP contribution in [0.2, 0.25) is 0 Å². The van der Waals surface area contributed by atoms with Crippen LogP contribution in [0.15, 0.2) is 30.7 Å². The van der Waals surface area contributed by atoms with Crippen LogP contribution in [0.25, 0.3) is 0 Å². The van der Waals surface area contributed by atoms with Gasteiger partial charge in [0.2, 0.25) is 0 Å². The number of ether oxygens (including phenoxy) is 4. The Morgan fingerprint density at radius 3 is 2.57 bits per heavy atom. The maximum atomic E-state index is 12.2. The number of hydrogen-bond acceptors (Lipinski definition) is 6. The lowest BCUT2D eigenvalue weighted by Gasteiger charge is -2.13. The first-order valence-corrected chi connectivity index (χ1v) is 6.48. The molecular weight excluding hydrogens is 276 g/mol. The van der Waals surface area contributed by atoms with Crippen molar-refractivity contribution < 1.29 is 28.5 Å². The van der Waals surface area contributed by atoms with Gasteiger partial charge in [0.15, 0.2) is 5.78 Å². The Labute approximate surface area is 122 Å². The normalized spacial score (nSPS) is 13.4. The molecule has 0 bridgehead atoms. The number of esters is 1. The summed E-state index contributed by atoms with van der Waals surface area (Å²) < 4.78 is 20.4. The van der Waals surface area contributed by atoms with Crippen LogP contribution in [-0.2, 0) is 19.0 Å². The lowest BCUT2D eigenvalue weighted by atomic mass is 10.0. The zero-order chi connectivity index (χ0) is 15.2. The molecule has 1 aromatic rings. The minimum Gasteiger partial charge on any atom is -0.496 e. The Kier molecular flexibility index (Phi) is 4.81. The molecule has 6 nitrogen and oxygen atoms in total. The second-order valence-corrected chi connectivity index (χ2v) is 4.24. The minimum atomic E-state index is -0.593. The molecule has 112 valence electrons. The average Bonchev–Trinajstić information content (AvgIpc) is 3.01. The highest BCUT2D eigenvalue weighted by Crippen LogP contribution is 2.29. The van der Waals surface area contributed by atoms with Crippen molar-refractivity contribution in [3.8, 4) is 5.75 Å². The van der Waals surface area contributed by atoms with Gasteiger partial charge in [-0.15, -0.1) is 0 Å². The maximum absolute atomic E-state index is 12.2. The molecule has 0 radical (unpaired) electrons. The largest absolute Gasteiger partial charge is 0.496 e. The van der Waals surface area contributed by atoms with E-state index in [0.29, 0.717) is 16.9 Å². The van der Waals surface area contributed by atoms with Gasteiger partial charge < -0.3 is 18.9 Å². The van der Waals surface area contributed by atoms with E-state index in [1.807, 2.05) is 0 Å². The van der Waals surface area contributed by atoms with Gasteiger partial charge >= 0.3 is 5.97 Å². The smallest absolute Gasteiger partial charge is 0.313 e. The molecule has 1 aromatic carbocycles. The predicted molar refractivity (Wildman–Crippen MR) is 72.6 cm³/mol. The molecule has 2 rings (SSSR count). The van der Waals surface area contributed by atoms with E-state index in [1.165, 1.54) is 19.6 Å². The first kappa shape index (κ1) is 14.9. The van der Waals surface area contributed by atoms with Gasteiger partial charge in [0, 0.05) is 5.56 Å². The molecular formula is C15H16O6. The van der Waals surface area contributed by atoms with Gasteiger partial charge in [0.05, 0.1) is 19.3 Å². The van der Waals surface area contributed by atoms with Gasteiger partial charge in [-0.05, 0) is 25.1 Å². The Hall–Kier alpha value is -2.50. The third-order valence-electron chi connectivity index (χ3n) is 2.87. The van der Waals surface area contributed by atoms with E-state index in [-0.39, 0.29) is 18.8 Å². The Balaban J connectivity index is 2.20. The number of methoxy groups -OCH3 is 1. The first-order valence-electron chi connectivity index (χ1n) is 6.48. The molecule has 1 aliphatic heterocycles. The molecule has 21 heavy (non-hydrogen) atoms. The topological polar surface area (TPSA) is 71.1 Å². The van der Waals surface area contributed by atoms with Crippen molar-refractivity contribution >= 4 is 11.8 Å². The van der Waals surface area contributed by atoms with E-state index >= 15 is 0 Å². The Morgan fingerprint density at radius 1 is 1.24 bits per heavy atom. The van der Waals surface area contributed by atoms with Gasteiger partial charge in [0.25, 0.3) is 6.29 Å². The predicted octanol–water partition coefficient (Wildman–Crippen LogP) is 2.35. The number of carbonyl (C=O) groups is 2. The van der Waals surface area contributed by atoms with Crippen molar-refractivity contribution in [2.45, 2.75) is 19.6 Å². The van der Waals surface area contributed by atoms with E-state index in [9.17, 15) is 9.59 Å². The van der Waals surface area contributed by atoms with E-state index < -0.39 is 12.3 Å². The highest BCUT2D eigenvalue weighted by molar-refractivity contribution is 6.07. The van der Waals surface area contributed by atoms with Gasteiger partial charge in [-0.1, -0.05) is 0 Å². The molecule has 0 saturated carbocycles. The maximum Gasteiger partial charge on any atom is 0.313 e. The second-order valence-electron chi connectivity index (χ2n) is 4.24. The molecule has 0 unspecified atom stereocenters. The van der Waals surface area contributed by atoms with Gasteiger partial charge in [-0.25, -0.2) is 0 Å². The van der Waals surface area contributed by atoms with E-state index in [0.717, 1.165) is 0 Å². The fraction of sp³-hybridized carbons (Fsp3) is 0.333. The van der Waals surface area contributed by atoms with Crippen molar-refractivity contribution in [2.24, 2.45) is 0 Å². The average molecular weight is 292 g/mol. The third-order valence-corrected chi connectivity index (χ3v) is 2.87. The quantitative estimate of drug-likeness (QED) is 0.455. The Bertz CT molecular complexity index is 555. The number of Topliss-reactive ketones (excluding diaryl/α,β-unsaturated/α-hetero) is 1. The summed E-state index contributed by atoms with van der Waals surface area (Å²) >= 11 is 0. The van der Waals surface area contributed by atoms with Crippen LogP contribution in [-0.4, -0.2) is 25.5 Å². The van der Waals surface area contributed by atoms with Crippen LogP contribution >= 0.6 is 0 Å². The van der Waals surface area contributed by atoms with Crippen molar-refractivity contribution in [3.05, 3.63) is 41.9 Å². The lowest BCUT2D eigenvalue weighted by Crippen LogP contribution is -2.13. The van der Waals surface area contributed by atoms with Gasteiger partial charge in [-0.2, -0.15) is 0 Å². The first-order chi connectivity index (χ1) is 10.2. The van der Waals surface area contributed by atoms with Crippen LogP contribution in [0, 0.1) is 0 Å². The van der Waals surface area contributed by atoms with Gasteiger partial charge in [-0.3, -0.25) is 9.59 Å². The second kappa shape index (κ2) is 6.78. The molecule has 0 spiro atoms. The van der Waals surface area contributed by atoms with Crippen LogP contribution in [0.1, 0.15) is 35.6 Å². The summed E-state index contributed by atoms with van der Waals surface area (Å²) in [5.74, 6) is -0.554. The van der Waals surface area contributed by atoms with Crippen LogP contribution in [0.5, 0.6) is 5.75 Å². The fourth-order valence-electron chi connectivity index (χ4n) is 1.92. The van der Waals surface area contributed by atoms with E-state index in [4.69, 9.17) is 18.9 Å². The molecule has 0 aliphatic carbocycles. The zero-order valence-corrected chi connectivity index (χ0v) is 11.8. The van der Waals surface area contributed by atoms with Gasteiger partial charge in [0.1, 0.15) is 24.7 Å². The summed E-state index contributed by atoms with van der Waals surface area (Å²) in [7, 11) is 1.46. The number of benzene rings is 1. The monoisotopic (exact) mass is 292 g/mol. The van der Waals surface area contributed by atoms with Crippen LogP contribution in [0.3, 0.4) is 0 Å². The van der Waals surface area contributed by atoms with Crippen LogP contribution < -0.4 is 4.74 Å². The molecule has 0 fully saturated rings. The van der Waals surface area contributed by atoms with E-state index in [2.05, 4.69) is 0 Å². The van der Waals surface area contributed by atoms with Crippen molar-refractivity contribution in [2.75, 3.05) is 13.7 Å². The lowest BCUT2D eigenvalue weighted by molar-refractivity contribution is -0.141. The van der Waals surface area contributed by atoms with Crippen molar-refractivity contribution in [1.29, 1.82) is 0 Å². The molecule has 6 heteroatoms. The van der Waals surface area contributed by atoms with Crippen molar-refractivity contribution in [1.82, 2.24) is 0 Å². The molecule has 0 N–H and O–H groups in total. The molecule has 0 saturated heterocycles. The minimum absolute atomic E-state index is 0.235. The molecule has 1 aliphatic rings. The SMILES string of the molecule is CCOC(=O)CC(=O)c1cc(C2OC=CO2)ccc1OC. The fourth-order valence-corrected chi connectivity index (χ4v) is 1.92. The standard InChI is InChI=1S/C15H16O6/c1-3-19-14(17)9-12(16)11-8-10(4-5-13(11)18-2)15-20-6-7-21-15/h4-8,15H,3,9H2,1-2H3. The molecule has 1 heterocycles. The summed E-state index contributed by atoms with van der Waals surface area (Å²) in [5, 5.41) is 0. The summed E-state index contributed by atoms with van der Waals surface area (Å²) in [6.07, 6.45) is 1.92. The summed E-state index contributed by atoms with van der Waals surface area (Å²) in [4.78, 5) is 23.6. The number of carbonyl (C=O) groups excluding carboxylic acids is 2. The molecule has 0 amide bonds. The summed E-state index contributed by atoms with van der Waals surface area (Å²) in [6.45, 7) is 1.92.